The molecule has 0 saturated heterocycles. The van der Waals surface area contributed by atoms with Crippen molar-refractivity contribution in [3.05, 3.63) is 21.8 Å². The summed E-state index contributed by atoms with van der Waals surface area (Å²) in [6.07, 6.45) is 9.00. The van der Waals surface area contributed by atoms with Gasteiger partial charge in [-0.05, 0) is 28.5 Å². The molecule has 64 valence electrons. The summed E-state index contributed by atoms with van der Waals surface area (Å²) in [7, 11) is 0. The van der Waals surface area contributed by atoms with Crippen molar-refractivity contribution in [2.75, 3.05) is 0 Å². The summed E-state index contributed by atoms with van der Waals surface area (Å²) < 4.78 is 1.12. The Kier molecular flexibility index (Phi) is 2.58. The van der Waals surface area contributed by atoms with Crippen LogP contribution in [0.3, 0.4) is 0 Å². The predicted molar refractivity (Wildman–Crippen MR) is 55.8 cm³/mol. The minimum atomic E-state index is 0.866. The van der Waals surface area contributed by atoms with Gasteiger partial charge in [0.25, 0.3) is 0 Å². The Morgan fingerprint density at radius 1 is 1.33 bits per heavy atom. The summed E-state index contributed by atoms with van der Waals surface area (Å²) >= 11 is 2.23. The van der Waals surface area contributed by atoms with Gasteiger partial charge in [-0.3, -0.25) is 0 Å². The maximum Gasteiger partial charge on any atom is 0.128 e. The first-order valence-corrected chi connectivity index (χ1v) is 5.39. The van der Waals surface area contributed by atoms with Crippen LogP contribution in [0, 0.1) is 9.49 Å². The first kappa shape index (κ1) is 8.41. The van der Waals surface area contributed by atoms with Crippen LogP contribution in [0.2, 0.25) is 0 Å². The molecule has 0 unspecified atom stereocenters. The maximum absolute atomic E-state index is 4.28. The van der Waals surface area contributed by atoms with Crippen LogP contribution in [-0.2, 0) is 6.42 Å². The zero-order chi connectivity index (χ0) is 8.39. The number of nitrogens with zero attached hydrogens (tertiary/aromatic N) is 2. The van der Waals surface area contributed by atoms with Crippen LogP contribution in [0.5, 0.6) is 0 Å². The minimum absolute atomic E-state index is 0.866. The molecule has 1 aromatic rings. The lowest BCUT2D eigenvalue weighted by Gasteiger charge is -2.24. The monoisotopic (exact) mass is 274 g/mol. The lowest BCUT2D eigenvalue weighted by molar-refractivity contribution is 0.309. The molecule has 0 N–H and O–H groups in total. The molecule has 0 atom stereocenters. The molecule has 0 bridgehead atoms. The normalized spacial score (nSPS) is 17.4. The molecule has 2 rings (SSSR count). The SMILES string of the molecule is Ic1cnc(CC2CCC2)nc1. The van der Waals surface area contributed by atoms with Gasteiger partial charge in [0.15, 0.2) is 0 Å². The molecule has 1 heterocycles. The van der Waals surface area contributed by atoms with Crippen molar-refractivity contribution >= 4 is 22.6 Å². The van der Waals surface area contributed by atoms with Gasteiger partial charge in [-0.25, -0.2) is 9.97 Å². The Balaban J connectivity index is 1.98. The molecule has 0 radical (unpaired) electrons. The molecule has 2 nitrogen and oxygen atoms in total. The first-order chi connectivity index (χ1) is 5.84. The Morgan fingerprint density at radius 2 is 2.00 bits per heavy atom. The zero-order valence-corrected chi connectivity index (χ0v) is 8.99. The molecule has 1 aliphatic carbocycles. The molecule has 12 heavy (non-hydrogen) atoms. The molecule has 0 spiro atoms. The Labute approximate surface area is 86.0 Å². The fourth-order valence-electron chi connectivity index (χ4n) is 1.40. The molecule has 1 fully saturated rings. The van der Waals surface area contributed by atoms with Crippen molar-refractivity contribution < 1.29 is 0 Å². The Bertz CT molecular complexity index is 254. The first-order valence-electron chi connectivity index (χ1n) is 4.31. The summed E-state index contributed by atoms with van der Waals surface area (Å²) in [5.41, 5.74) is 0. The van der Waals surface area contributed by atoms with E-state index < -0.39 is 0 Å². The van der Waals surface area contributed by atoms with E-state index in [9.17, 15) is 0 Å². The third-order valence-electron chi connectivity index (χ3n) is 2.37. The third-order valence-corrected chi connectivity index (χ3v) is 2.93. The van der Waals surface area contributed by atoms with Gasteiger partial charge >= 0.3 is 0 Å². The summed E-state index contributed by atoms with van der Waals surface area (Å²) in [5, 5.41) is 0. The minimum Gasteiger partial charge on any atom is -0.240 e. The van der Waals surface area contributed by atoms with Crippen LogP contribution < -0.4 is 0 Å². The van der Waals surface area contributed by atoms with Crippen molar-refractivity contribution in [3.63, 3.8) is 0 Å². The van der Waals surface area contributed by atoms with Gasteiger partial charge in [-0.1, -0.05) is 19.3 Å². The third kappa shape index (κ3) is 1.94. The van der Waals surface area contributed by atoms with Gasteiger partial charge in [0.05, 0.1) is 0 Å². The van der Waals surface area contributed by atoms with E-state index in [0.717, 1.165) is 21.7 Å². The van der Waals surface area contributed by atoms with Crippen LogP contribution in [-0.4, -0.2) is 9.97 Å². The van der Waals surface area contributed by atoms with Crippen molar-refractivity contribution in [3.8, 4) is 0 Å². The van der Waals surface area contributed by atoms with Gasteiger partial charge in [-0.15, -0.1) is 0 Å². The van der Waals surface area contributed by atoms with Gasteiger partial charge < -0.3 is 0 Å². The highest BCUT2D eigenvalue weighted by atomic mass is 127. The lowest BCUT2D eigenvalue weighted by Crippen LogP contribution is -2.15. The molecule has 3 heteroatoms. The zero-order valence-electron chi connectivity index (χ0n) is 6.83. The summed E-state index contributed by atoms with van der Waals surface area (Å²) in [6, 6.07) is 0. The lowest BCUT2D eigenvalue weighted by atomic mass is 9.83. The highest BCUT2D eigenvalue weighted by Gasteiger charge is 2.18. The Hall–Kier alpha value is -0.190. The second kappa shape index (κ2) is 3.68. The summed E-state index contributed by atoms with van der Waals surface area (Å²) in [5.74, 6) is 1.88. The topological polar surface area (TPSA) is 25.8 Å². The van der Waals surface area contributed by atoms with Crippen LogP contribution in [0.1, 0.15) is 25.1 Å². The number of hydrogen-bond acceptors (Lipinski definition) is 2. The second-order valence-corrected chi connectivity index (χ2v) is 4.56. The van der Waals surface area contributed by atoms with E-state index in [1.165, 1.54) is 19.3 Å². The summed E-state index contributed by atoms with van der Waals surface area (Å²) in [4.78, 5) is 8.56. The van der Waals surface area contributed by atoms with Crippen LogP contribution in [0.4, 0.5) is 0 Å². The van der Waals surface area contributed by atoms with Crippen molar-refractivity contribution in [2.24, 2.45) is 5.92 Å². The standard InChI is InChI=1S/C9H11IN2/c10-8-5-11-9(12-6-8)4-7-2-1-3-7/h5-7H,1-4H2. The molecule has 1 aromatic heterocycles. The van der Waals surface area contributed by atoms with Gasteiger partial charge in [0, 0.05) is 22.4 Å². The van der Waals surface area contributed by atoms with Gasteiger partial charge in [0.2, 0.25) is 0 Å². The van der Waals surface area contributed by atoms with E-state index >= 15 is 0 Å². The highest BCUT2D eigenvalue weighted by molar-refractivity contribution is 14.1. The van der Waals surface area contributed by atoms with E-state index in [1.54, 1.807) is 0 Å². The van der Waals surface area contributed by atoms with Crippen LogP contribution >= 0.6 is 22.6 Å². The number of halogens is 1. The van der Waals surface area contributed by atoms with E-state index in [4.69, 9.17) is 0 Å². The molecule has 0 aromatic carbocycles. The van der Waals surface area contributed by atoms with Gasteiger partial charge in [-0.2, -0.15) is 0 Å². The summed E-state index contributed by atoms with van der Waals surface area (Å²) in [6.45, 7) is 0. The molecular weight excluding hydrogens is 263 g/mol. The maximum atomic E-state index is 4.28. The second-order valence-electron chi connectivity index (χ2n) is 3.32. The van der Waals surface area contributed by atoms with Crippen LogP contribution in [0.15, 0.2) is 12.4 Å². The van der Waals surface area contributed by atoms with E-state index in [1.807, 2.05) is 12.4 Å². The van der Waals surface area contributed by atoms with E-state index in [2.05, 4.69) is 32.6 Å². The quantitative estimate of drug-likeness (QED) is 0.774. The Morgan fingerprint density at radius 3 is 2.50 bits per heavy atom. The fourth-order valence-corrected chi connectivity index (χ4v) is 1.68. The average Bonchev–Trinajstić information content (AvgIpc) is 2.00. The van der Waals surface area contributed by atoms with Crippen molar-refractivity contribution in [1.29, 1.82) is 0 Å². The van der Waals surface area contributed by atoms with Crippen LogP contribution in [0.25, 0.3) is 0 Å². The van der Waals surface area contributed by atoms with Gasteiger partial charge in [0.1, 0.15) is 5.82 Å². The number of rotatable bonds is 2. The van der Waals surface area contributed by atoms with E-state index in [0.29, 0.717) is 0 Å². The number of hydrogen-bond donors (Lipinski definition) is 0. The highest BCUT2D eigenvalue weighted by Crippen LogP contribution is 2.28. The van der Waals surface area contributed by atoms with E-state index in [-0.39, 0.29) is 0 Å². The largest absolute Gasteiger partial charge is 0.240 e. The fraction of sp³-hybridized carbons (Fsp3) is 0.556. The smallest absolute Gasteiger partial charge is 0.128 e. The average molecular weight is 274 g/mol. The molecular formula is C9H11IN2. The molecule has 0 amide bonds. The number of aromatic nitrogens is 2. The van der Waals surface area contributed by atoms with Crippen molar-refractivity contribution in [2.45, 2.75) is 25.7 Å². The molecule has 1 saturated carbocycles. The van der Waals surface area contributed by atoms with Crippen molar-refractivity contribution in [1.82, 2.24) is 9.97 Å². The predicted octanol–water partition coefficient (Wildman–Crippen LogP) is 2.42. The molecule has 0 aliphatic heterocycles. The molecule has 1 aliphatic rings.